The SMILES string of the molecule is C.COCc1ccc(C(=O)C(C)(C)N2CCOCC2)cc1COC.COCc1ccc(C(=O)C(C)(C)O)cc1COC. The third kappa shape index (κ3) is 10.3. The number of rotatable bonds is 13. The fourth-order valence-electron chi connectivity index (χ4n) is 4.68. The van der Waals surface area contributed by atoms with E-state index in [0.29, 0.717) is 50.8 Å². The number of ether oxygens (including phenoxy) is 5. The van der Waals surface area contributed by atoms with Crippen molar-refractivity contribution in [3.63, 3.8) is 0 Å². The number of hydrogen-bond acceptors (Lipinski definition) is 9. The van der Waals surface area contributed by atoms with E-state index in [9.17, 15) is 14.7 Å². The van der Waals surface area contributed by atoms with Gasteiger partial charge < -0.3 is 28.8 Å². The zero-order valence-electron chi connectivity index (χ0n) is 25.9. The Morgan fingerprint density at radius 2 is 1.10 bits per heavy atom. The molecule has 9 nitrogen and oxygen atoms in total. The summed E-state index contributed by atoms with van der Waals surface area (Å²) in [6.07, 6.45) is 0. The molecule has 0 aliphatic carbocycles. The van der Waals surface area contributed by atoms with Gasteiger partial charge in [-0.25, -0.2) is 0 Å². The van der Waals surface area contributed by atoms with E-state index in [1.54, 1.807) is 40.6 Å². The molecular formula is C33H51NO8. The molecule has 0 bridgehead atoms. The molecule has 0 aromatic heterocycles. The highest BCUT2D eigenvalue weighted by Crippen LogP contribution is 2.24. The van der Waals surface area contributed by atoms with Gasteiger partial charge in [0.1, 0.15) is 5.60 Å². The topological polar surface area (TPSA) is 104 Å². The van der Waals surface area contributed by atoms with Crippen LogP contribution >= 0.6 is 0 Å². The lowest BCUT2D eigenvalue weighted by Gasteiger charge is -2.39. The molecule has 0 saturated carbocycles. The van der Waals surface area contributed by atoms with Crippen molar-refractivity contribution < 1.29 is 38.4 Å². The summed E-state index contributed by atoms with van der Waals surface area (Å²) >= 11 is 0. The maximum Gasteiger partial charge on any atom is 0.193 e. The highest BCUT2D eigenvalue weighted by molar-refractivity contribution is 6.03. The van der Waals surface area contributed by atoms with Crippen molar-refractivity contribution >= 4 is 11.6 Å². The van der Waals surface area contributed by atoms with Gasteiger partial charge in [-0.3, -0.25) is 14.5 Å². The molecule has 1 aliphatic rings. The van der Waals surface area contributed by atoms with E-state index in [4.69, 9.17) is 23.7 Å². The van der Waals surface area contributed by atoms with Crippen LogP contribution in [0.25, 0.3) is 0 Å². The summed E-state index contributed by atoms with van der Waals surface area (Å²) < 4.78 is 26.1. The average Bonchev–Trinajstić information content (AvgIpc) is 2.95. The van der Waals surface area contributed by atoms with Crippen LogP contribution in [0.1, 0.15) is 78.1 Å². The minimum absolute atomic E-state index is 0. The van der Waals surface area contributed by atoms with Crippen LogP contribution in [-0.2, 0) is 50.1 Å². The molecule has 1 N–H and O–H groups in total. The summed E-state index contributed by atoms with van der Waals surface area (Å²) in [4.78, 5) is 27.2. The third-order valence-electron chi connectivity index (χ3n) is 7.05. The van der Waals surface area contributed by atoms with Gasteiger partial charge in [-0.05, 0) is 62.1 Å². The Morgan fingerprint density at radius 3 is 1.48 bits per heavy atom. The van der Waals surface area contributed by atoms with E-state index in [-0.39, 0.29) is 19.0 Å². The second-order valence-electron chi connectivity index (χ2n) is 11.1. The zero-order chi connectivity index (χ0) is 30.6. The summed E-state index contributed by atoms with van der Waals surface area (Å²) in [5.41, 5.74) is 3.21. The van der Waals surface area contributed by atoms with Gasteiger partial charge in [-0.2, -0.15) is 0 Å². The van der Waals surface area contributed by atoms with Crippen molar-refractivity contribution in [3.05, 3.63) is 69.8 Å². The maximum atomic E-state index is 13.0. The van der Waals surface area contributed by atoms with Crippen molar-refractivity contribution in [3.8, 4) is 0 Å². The number of morpholine rings is 1. The standard InChI is InChI=1S/C18H27NO4.C14H20O4.CH4/c1-18(2,19-7-9-23-10-8-19)17(20)14-5-6-15(12-21-3)16(11-14)13-22-4;1-14(2,16)13(15)10-5-6-11(8-17-3)12(7-10)9-18-4;/h5-6,11H,7-10,12-13H2,1-4H3;5-7,16H,8-9H2,1-4H3;1H4. The predicted molar refractivity (Wildman–Crippen MR) is 164 cm³/mol. The van der Waals surface area contributed by atoms with Crippen LogP contribution in [0.2, 0.25) is 0 Å². The number of hydrogen-bond donors (Lipinski definition) is 1. The molecule has 1 aliphatic heterocycles. The molecular weight excluding hydrogens is 538 g/mol. The summed E-state index contributed by atoms with van der Waals surface area (Å²) in [5.74, 6) is -0.176. The summed E-state index contributed by atoms with van der Waals surface area (Å²) in [5, 5.41) is 9.73. The molecule has 1 heterocycles. The maximum absolute atomic E-state index is 13.0. The number of carbonyl (C=O) groups is 2. The predicted octanol–water partition coefficient (Wildman–Crippen LogP) is 4.84. The quantitative estimate of drug-likeness (QED) is 0.329. The van der Waals surface area contributed by atoms with Crippen molar-refractivity contribution in [1.29, 1.82) is 0 Å². The highest BCUT2D eigenvalue weighted by atomic mass is 16.5. The van der Waals surface area contributed by atoms with Crippen molar-refractivity contribution in [2.75, 3.05) is 54.7 Å². The van der Waals surface area contributed by atoms with Gasteiger partial charge in [-0.15, -0.1) is 0 Å². The summed E-state index contributed by atoms with van der Waals surface area (Å²) in [6, 6.07) is 11.1. The Bertz CT molecular complexity index is 1130. The van der Waals surface area contributed by atoms with Crippen molar-refractivity contribution in [1.82, 2.24) is 4.90 Å². The molecule has 0 radical (unpaired) electrons. The van der Waals surface area contributed by atoms with E-state index < -0.39 is 11.1 Å². The van der Waals surface area contributed by atoms with Crippen molar-refractivity contribution in [2.45, 2.75) is 72.7 Å². The van der Waals surface area contributed by atoms with Crippen LogP contribution in [0.5, 0.6) is 0 Å². The normalized spacial score (nSPS) is 14.0. The second-order valence-corrected chi connectivity index (χ2v) is 11.1. The van der Waals surface area contributed by atoms with Crippen LogP contribution in [0.3, 0.4) is 0 Å². The van der Waals surface area contributed by atoms with Gasteiger partial charge in [0, 0.05) is 52.7 Å². The minimum Gasteiger partial charge on any atom is -0.382 e. The summed E-state index contributed by atoms with van der Waals surface area (Å²) in [6.45, 7) is 11.7. The van der Waals surface area contributed by atoms with Crippen LogP contribution in [0.4, 0.5) is 0 Å². The average molecular weight is 590 g/mol. The number of ketones is 2. The van der Waals surface area contributed by atoms with Gasteiger partial charge in [0.25, 0.3) is 0 Å². The molecule has 0 spiro atoms. The molecule has 0 atom stereocenters. The van der Waals surface area contributed by atoms with E-state index in [2.05, 4.69) is 4.90 Å². The van der Waals surface area contributed by atoms with Crippen LogP contribution in [-0.4, -0.2) is 87.5 Å². The number of Topliss-reactive ketones (excluding diaryl/α,β-unsaturated/α-hetero) is 2. The lowest BCUT2D eigenvalue weighted by molar-refractivity contribution is -0.00430. The number of methoxy groups -OCH3 is 4. The Balaban J connectivity index is 0.000000423. The highest BCUT2D eigenvalue weighted by Gasteiger charge is 2.36. The molecule has 2 aromatic carbocycles. The molecule has 1 saturated heterocycles. The smallest absolute Gasteiger partial charge is 0.193 e. The molecule has 1 fully saturated rings. The zero-order valence-corrected chi connectivity index (χ0v) is 25.9. The second kappa shape index (κ2) is 17.6. The Kier molecular flexibility index (Phi) is 15.7. The van der Waals surface area contributed by atoms with Crippen LogP contribution < -0.4 is 0 Å². The van der Waals surface area contributed by atoms with Gasteiger partial charge in [0.2, 0.25) is 0 Å². The lowest BCUT2D eigenvalue weighted by Crippen LogP contribution is -2.54. The number of nitrogens with zero attached hydrogens (tertiary/aromatic N) is 1. The first kappa shape index (κ1) is 37.5. The first-order valence-corrected chi connectivity index (χ1v) is 13.7. The van der Waals surface area contributed by atoms with Gasteiger partial charge >= 0.3 is 0 Å². The molecule has 9 heteroatoms. The van der Waals surface area contributed by atoms with Crippen LogP contribution in [0, 0.1) is 0 Å². The van der Waals surface area contributed by atoms with E-state index in [0.717, 1.165) is 35.3 Å². The monoisotopic (exact) mass is 589 g/mol. The largest absolute Gasteiger partial charge is 0.382 e. The fourth-order valence-corrected chi connectivity index (χ4v) is 4.68. The Hall–Kier alpha value is -2.50. The number of aliphatic hydroxyl groups is 1. The molecule has 0 amide bonds. The summed E-state index contributed by atoms with van der Waals surface area (Å²) in [7, 11) is 6.54. The molecule has 236 valence electrons. The third-order valence-corrected chi connectivity index (χ3v) is 7.05. The van der Waals surface area contributed by atoms with Crippen molar-refractivity contribution in [2.24, 2.45) is 0 Å². The Morgan fingerprint density at radius 1 is 0.714 bits per heavy atom. The molecule has 42 heavy (non-hydrogen) atoms. The molecule has 0 unspecified atom stereocenters. The molecule has 2 aromatic rings. The van der Waals surface area contributed by atoms with Gasteiger partial charge in [-0.1, -0.05) is 31.7 Å². The van der Waals surface area contributed by atoms with E-state index in [1.165, 1.54) is 13.8 Å². The van der Waals surface area contributed by atoms with Gasteiger partial charge in [0.05, 0.1) is 45.2 Å². The first-order valence-electron chi connectivity index (χ1n) is 13.7. The first-order chi connectivity index (χ1) is 19.4. The van der Waals surface area contributed by atoms with E-state index >= 15 is 0 Å². The number of carbonyl (C=O) groups excluding carboxylic acids is 2. The van der Waals surface area contributed by atoms with Gasteiger partial charge in [0.15, 0.2) is 11.6 Å². The fraction of sp³-hybridized carbons (Fsp3) is 0.576. The number of benzene rings is 2. The Labute approximate surface area is 252 Å². The lowest BCUT2D eigenvalue weighted by atomic mass is 9.89. The minimum atomic E-state index is -1.37. The van der Waals surface area contributed by atoms with E-state index in [1.807, 2.05) is 38.1 Å². The molecule has 3 rings (SSSR count). The van der Waals surface area contributed by atoms with Crippen LogP contribution in [0.15, 0.2) is 36.4 Å².